The minimum absolute atomic E-state index is 0.106. The van der Waals surface area contributed by atoms with Gasteiger partial charge in [-0.3, -0.25) is 0 Å². The maximum absolute atomic E-state index is 13.7. The lowest BCUT2D eigenvalue weighted by atomic mass is 9.90. The number of hydrogen-bond acceptors (Lipinski definition) is 7. The standard InChI is InChI=1S/C33H43F3N6O3S/c1-39(2)25-12-10-24(11-13-25)38-29-8-5-9-31-28(29)21-26(42(31)23-33(34,35)36)7-6-16-37-30-15-14-27(22-32(30)45-4)46(43,44)41-19-17-40(3)18-20-41/h5,8-9,14-15,21-22,24-25,37-38H,10-13,16-20,23H2,1-4H3/t24-,25-. The molecule has 5 rings (SSSR count). The average Bonchev–Trinajstić information content (AvgIpc) is 3.36. The quantitative estimate of drug-likeness (QED) is 0.316. The molecule has 2 aliphatic rings. The summed E-state index contributed by atoms with van der Waals surface area (Å²) >= 11 is 0. The van der Waals surface area contributed by atoms with Gasteiger partial charge in [0, 0.05) is 55.4 Å². The summed E-state index contributed by atoms with van der Waals surface area (Å²) in [5.41, 5.74) is 2.07. The number of likely N-dealkylation sites (N-methyl/N-ethyl adjacent to an activating group) is 1. The summed E-state index contributed by atoms with van der Waals surface area (Å²) in [4.78, 5) is 4.47. The number of piperazine rings is 1. The smallest absolute Gasteiger partial charge is 0.406 e. The first-order valence-electron chi connectivity index (χ1n) is 15.6. The van der Waals surface area contributed by atoms with Crippen molar-refractivity contribution in [3.05, 3.63) is 48.2 Å². The van der Waals surface area contributed by atoms with Crippen molar-refractivity contribution in [3.8, 4) is 17.6 Å². The maximum Gasteiger partial charge on any atom is 0.406 e. The first-order chi connectivity index (χ1) is 21.9. The number of rotatable bonds is 9. The van der Waals surface area contributed by atoms with E-state index in [9.17, 15) is 21.6 Å². The van der Waals surface area contributed by atoms with Crippen molar-refractivity contribution < 1.29 is 26.3 Å². The molecular weight excluding hydrogens is 617 g/mol. The molecule has 0 radical (unpaired) electrons. The Labute approximate surface area is 269 Å². The minimum Gasteiger partial charge on any atom is -0.495 e. The van der Waals surface area contributed by atoms with Crippen LogP contribution in [0.25, 0.3) is 10.9 Å². The van der Waals surface area contributed by atoms with E-state index in [-0.39, 0.29) is 23.2 Å². The Kier molecular flexibility index (Phi) is 10.4. The number of halogens is 3. The van der Waals surface area contributed by atoms with Crippen molar-refractivity contribution in [3.63, 3.8) is 0 Å². The van der Waals surface area contributed by atoms with Gasteiger partial charge in [0.2, 0.25) is 10.0 Å². The fourth-order valence-corrected chi connectivity index (χ4v) is 7.69. The Bertz CT molecular complexity index is 1680. The van der Waals surface area contributed by atoms with Crippen molar-refractivity contribution in [2.75, 3.05) is 71.6 Å². The number of hydrogen-bond donors (Lipinski definition) is 2. The van der Waals surface area contributed by atoms with E-state index >= 15 is 0 Å². The van der Waals surface area contributed by atoms with Crippen LogP contribution >= 0.6 is 0 Å². The van der Waals surface area contributed by atoms with Crippen LogP contribution in [0.4, 0.5) is 24.5 Å². The highest BCUT2D eigenvalue weighted by Crippen LogP contribution is 2.33. The molecule has 9 nitrogen and oxygen atoms in total. The second-order valence-corrected chi connectivity index (χ2v) is 14.2. The van der Waals surface area contributed by atoms with Crippen LogP contribution in [0.3, 0.4) is 0 Å². The van der Waals surface area contributed by atoms with E-state index in [4.69, 9.17) is 4.74 Å². The molecule has 0 amide bonds. The number of sulfonamides is 1. The molecule has 2 heterocycles. The van der Waals surface area contributed by atoms with E-state index in [2.05, 4.69) is 46.4 Å². The number of fused-ring (bicyclic) bond motifs is 1. The second-order valence-electron chi connectivity index (χ2n) is 12.3. The van der Waals surface area contributed by atoms with E-state index in [1.165, 1.54) is 28.1 Å². The number of methoxy groups -OCH3 is 1. The van der Waals surface area contributed by atoms with Crippen LogP contribution in [0.15, 0.2) is 47.4 Å². The normalized spacial score (nSPS) is 20.0. The molecule has 1 saturated heterocycles. The Morgan fingerprint density at radius 1 is 1.00 bits per heavy atom. The van der Waals surface area contributed by atoms with Crippen LogP contribution in [0.1, 0.15) is 31.4 Å². The highest BCUT2D eigenvalue weighted by Gasteiger charge is 2.31. The molecule has 250 valence electrons. The SMILES string of the molecule is COc1cc(S(=O)(=O)N2CCN(C)CC2)ccc1NCC#Cc1cc2c(N[C@H]3CC[C@H](N(C)C)CC3)cccc2n1CC(F)(F)F. The number of aromatic nitrogens is 1. The third kappa shape index (κ3) is 7.91. The highest BCUT2D eigenvalue weighted by molar-refractivity contribution is 7.89. The molecule has 1 aliphatic heterocycles. The summed E-state index contributed by atoms with van der Waals surface area (Å²) in [5.74, 6) is 6.21. The molecule has 0 bridgehead atoms. The van der Waals surface area contributed by atoms with Crippen molar-refractivity contribution >= 4 is 32.3 Å². The summed E-state index contributed by atoms with van der Waals surface area (Å²) < 4.78 is 75.6. The summed E-state index contributed by atoms with van der Waals surface area (Å²) in [6.45, 7) is 1.10. The summed E-state index contributed by atoms with van der Waals surface area (Å²) in [5, 5.41) is 7.41. The molecule has 2 N–H and O–H groups in total. The molecule has 2 fully saturated rings. The molecule has 3 aromatic rings. The second kappa shape index (κ2) is 14.1. The predicted molar refractivity (Wildman–Crippen MR) is 176 cm³/mol. The zero-order chi connectivity index (χ0) is 33.1. The maximum atomic E-state index is 13.7. The third-order valence-electron chi connectivity index (χ3n) is 8.93. The number of alkyl halides is 3. The molecule has 46 heavy (non-hydrogen) atoms. The van der Waals surface area contributed by atoms with Gasteiger partial charge in [-0.25, -0.2) is 8.42 Å². The monoisotopic (exact) mass is 660 g/mol. The first-order valence-corrected chi connectivity index (χ1v) is 17.0. The fraction of sp³-hybridized carbons (Fsp3) is 0.515. The van der Waals surface area contributed by atoms with Gasteiger partial charge in [0.1, 0.15) is 12.3 Å². The molecule has 1 aliphatic carbocycles. The molecular formula is C33H43F3N6O3S. The van der Waals surface area contributed by atoms with Gasteiger partial charge in [0.15, 0.2) is 0 Å². The van der Waals surface area contributed by atoms with Crippen LogP contribution in [-0.2, 0) is 16.6 Å². The minimum atomic E-state index is -4.42. The van der Waals surface area contributed by atoms with Crippen molar-refractivity contribution in [1.29, 1.82) is 0 Å². The topological polar surface area (TPSA) is 82.1 Å². The van der Waals surface area contributed by atoms with Crippen molar-refractivity contribution in [2.45, 2.75) is 55.4 Å². The summed E-state index contributed by atoms with van der Waals surface area (Å²) in [6.07, 6.45) is -0.299. The molecule has 0 spiro atoms. The van der Waals surface area contributed by atoms with E-state index in [0.29, 0.717) is 54.6 Å². The van der Waals surface area contributed by atoms with Crippen molar-refractivity contribution in [1.82, 2.24) is 18.7 Å². The van der Waals surface area contributed by atoms with Gasteiger partial charge in [-0.05, 0) is 83.1 Å². The van der Waals surface area contributed by atoms with Crippen LogP contribution in [0.2, 0.25) is 0 Å². The molecule has 1 aromatic heterocycles. The van der Waals surface area contributed by atoms with Crippen LogP contribution < -0.4 is 15.4 Å². The molecule has 2 aromatic carbocycles. The van der Waals surface area contributed by atoms with Gasteiger partial charge in [-0.2, -0.15) is 17.5 Å². The number of benzene rings is 2. The van der Waals surface area contributed by atoms with Crippen LogP contribution in [-0.4, -0.2) is 106 Å². The van der Waals surface area contributed by atoms with Crippen LogP contribution in [0, 0.1) is 11.8 Å². The Morgan fingerprint density at radius 3 is 2.37 bits per heavy atom. The molecule has 13 heteroatoms. The first kappa shape index (κ1) is 33.9. The number of nitrogens with zero attached hydrogens (tertiary/aromatic N) is 4. The zero-order valence-electron chi connectivity index (χ0n) is 26.8. The highest BCUT2D eigenvalue weighted by atomic mass is 32.2. The lowest BCUT2D eigenvalue weighted by Crippen LogP contribution is -2.47. The van der Waals surface area contributed by atoms with Gasteiger partial charge >= 0.3 is 6.18 Å². The van der Waals surface area contributed by atoms with Crippen LogP contribution in [0.5, 0.6) is 5.75 Å². The van der Waals surface area contributed by atoms with E-state index < -0.39 is 22.7 Å². The van der Waals surface area contributed by atoms with Gasteiger partial charge in [-0.1, -0.05) is 12.0 Å². The van der Waals surface area contributed by atoms with E-state index in [1.807, 2.05) is 13.1 Å². The number of nitrogens with one attached hydrogen (secondary N) is 2. The summed E-state index contributed by atoms with van der Waals surface area (Å²) in [6, 6.07) is 12.5. The molecule has 0 atom stereocenters. The fourth-order valence-electron chi connectivity index (χ4n) is 6.25. The average molecular weight is 661 g/mol. The molecule has 0 unspecified atom stereocenters. The van der Waals surface area contributed by atoms with Gasteiger partial charge in [-0.15, -0.1) is 0 Å². The number of ether oxygens (including phenoxy) is 1. The predicted octanol–water partition coefficient (Wildman–Crippen LogP) is 4.90. The number of anilines is 2. The summed E-state index contributed by atoms with van der Waals surface area (Å²) in [7, 11) is 3.92. The van der Waals surface area contributed by atoms with E-state index in [0.717, 1.165) is 31.4 Å². The Hall–Kier alpha value is -3.44. The molecule has 1 saturated carbocycles. The van der Waals surface area contributed by atoms with E-state index in [1.54, 1.807) is 24.3 Å². The van der Waals surface area contributed by atoms with Crippen molar-refractivity contribution in [2.24, 2.45) is 0 Å². The Balaban J connectivity index is 1.33. The lowest BCUT2D eigenvalue weighted by Gasteiger charge is -2.33. The van der Waals surface area contributed by atoms with Gasteiger partial charge < -0.3 is 29.7 Å². The largest absolute Gasteiger partial charge is 0.495 e. The van der Waals surface area contributed by atoms with Gasteiger partial charge in [0.25, 0.3) is 0 Å². The third-order valence-corrected chi connectivity index (χ3v) is 10.8. The zero-order valence-corrected chi connectivity index (χ0v) is 27.6. The van der Waals surface area contributed by atoms with Gasteiger partial charge in [0.05, 0.1) is 35.4 Å². The Morgan fingerprint density at radius 2 is 1.72 bits per heavy atom. The lowest BCUT2D eigenvalue weighted by molar-refractivity contribution is -0.140.